The molecule has 0 aromatic carbocycles. The van der Waals surface area contributed by atoms with Crippen LogP contribution in [-0.4, -0.2) is 22.1 Å². The third-order valence-electron chi connectivity index (χ3n) is 3.72. The Morgan fingerprint density at radius 1 is 1.27 bits per heavy atom. The summed E-state index contributed by atoms with van der Waals surface area (Å²) in [5, 5.41) is 0. The van der Waals surface area contributed by atoms with Gasteiger partial charge < -0.3 is 0 Å². The van der Waals surface area contributed by atoms with Crippen molar-refractivity contribution >= 4 is 23.3 Å². The van der Waals surface area contributed by atoms with Gasteiger partial charge in [0.2, 0.25) is 0 Å². The summed E-state index contributed by atoms with van der Waals surface area (Å²) in [5.74, 6) is 1.77. The quantitative estimate of drug-likeness (QED) is 0.694. The Labute approximate surface area is 95.2 Å². The fraction of sp³-hybridized carbons (Fsp3) is 0.833. The van der Waals surface area contributed by atoms with E-state index in [0.717, 1.165) is 5.75 Å². The largest absolute Gasteiger partial charge is 0.299 e. The van der Waals surface area contributed by atoms with Crippen LogP contribution >= 0.6 is 11.8 Å². The molecular formula is C12H18O2S. The Hall–Kier alpha value is -0.310. The highest BCUT2D eigenvalue weighted by Crippen LogP contribution is 2.52. The molecule has 2 saturated carbocycles. The lowest BCUT2D eigenvalue weighted by Gasteiger charge is -2.48. The topological polar surface area (TPSA) is 34.1 Å². The molecule has 15 heavy (non-hydrogen) atoms. The molecule has 2 fully saturated rings. The van der Waals surface area contributed by atoms with Crippen LogP contribution in [0.4, 0.5) is 0 Å². The third-order valence-corrected chi connectivity index (χ3v) is 5.32. The SMILES string of the molecule is CCSC1(C2CC(=O)CC(=O)C2)CCC1. The second kappa shape index (κ2) is 4.28. The van der Waals surface area contributed by atoms with Gasteiger partial charge in [-0.2, -0.15) is 11.8 Å². The first-order valence-corrected chi connectivity index (χ1v) is 6.82. The first-order chi connectivity index (χ1) is 7.16. The molecule has 0 unspecified atom stereocenters. The van der Waals surface area contributed by atoms with Gasteiger partial charge in [0.1, 0.15) is 11.6 Å². The number of thioether (sulfide) groups is 1. The summed E-state index contributed by atoms with van der Waals surface area (Å²) in [4.78, 5) is 22.9. The van der Waals surface area contributed by atoms with Gasteiger partial charge in [0.15, 0.2) is 0 Å². The summed E-state index contributed by atoms with van der Waals surface area (Å²) >= 11 is 1.97. The molecule has 2 nitrogen and oxygen atoms in total. The zero-order valence-electron chi connectivity index (χ0n) is 9.25. The fourth-order valence-corrected chi connectivity index (χ4v) is 4.40. The molecule has 2 aliphatic rings. The lowest BCUT2D eigenvalue weighted by Crippen LogP contribution is -2.45. The Balaban J connectivity index is 2.07. The van der Waals surface area contributed by atoms with Crippen LogP contribution in [-0.2, 0) is 9.59 Å². The molecule has 0 aromatic heterocycles. The Morgan fingerprint density at radius 3 is 2.27 bits per heavy atom. The maximum Gasteiger partial charge on any atom is 0.140 e. The van der Waals surface area contributed by atoms with Crippen molar-refractivity contribution < 1.29 is 9.59 Å². The van der Waals surface area contributed by atoms with Gasteiger partial charge in [-0.3, -0.25) is 9.59 Å². The van der Waals surface area contributed by atoms with E-state index in [4.69, 9.17) is 0 Å². The number of hydrogen-bond acceptors (Lipinski definition) is 3. The molecule has 0 saturated heterocycles. The van der Waals surface area contributed by atoms with Crippen LogP contribution in [0.3, 0.4) is 0 Å². The molecule has 2 aliphatic carbocycles. The van der Waals surface area contributed by atoms with Crippen LogP contribution < -0.4 is 0 Å². The van der Waals surface area contributed by atoms with E-state index in [0.29, 0.717) is 18.8 Å². The zero-order chi connectivity index (χ0) is 10.9. The minimum absolute atomic E-state index is 0.166. The number of carbonyl (C=O) groups is 2. The van der Waals surface area contributed by atoms with E-state index in [1.165, 1.54) is 19.3 Å². The maximum absolute atomic E-state index is 11.4. The Kier molecular flexibility index (Phi) is 3.19. The zero-order valence-corrected chi connectivity index (χ0v) is 10.1. The van der Waals surface area contributed by atoms with Gasteiger partial charge in [-0.25, -0.2) is 0 Å². The average Bonchev–Trinajstić information content (AvgIpc) is 2.09. The summed E-state index contributed by atoms with van der Waals surface area (Å²) in [5.41, 5.74) is 0. The van der Waals surface area contributed by atoms with E-state index in [2.05, 4.69) is 6.92 Å². The minimum Gasteiger partial charge on any atom is -0.299 e. The van der Waals surface area contributed by atoms with Crippen LogP contribution in [0.1, 0.15) is 45.4 Å². The Morgan fingerprint density at radius 2 is 1.87 bits per heavy atom. The van der Waals surface area contributed by atoms with Crippen LogP contribution in [0.2, 0.25) is 0 Å². The number of carbonyl (C=O) groups excluding carboxylic acids is 2. The van der Waals surface area contributed by atoms with Gasteiger partial charge >= 0.3 is 0 Å². The van der Waals surface area contributed by atoms with Crippen molar-refractivity contribution in [2.45, 2.75) is 50.2 Å². The monoisotopic (exact) mass is 226 g/mol. The van der Waals surface area contributed by atoms with Crippen LogP contribution in [0, 0.1) is 5.92 Å². The molecule has 84 valence electrons. The van der Waals surface area contributed by atoms with Crippen molar-refractivity contribution in [3.05, 3.63) is 0 Å². The molecular weight excluding hydrogens is 208 g/mol. The van der Waals surface area contributed by atoms with Gasteiger partial charge in [0, 0.05) is 17.6 Å². The molecule has 2 rings (SSSR count). The van der Waals surface area contributed by atoms with Gasteiger partial charge in [-0.05, 0) is 24.5 Å². The van der Waals surface area contributed by atoms with Crippen molar-refractivity contribution in [3.8, 4) is 0 Å². The van der Waals surface area contributed by atoms with Crippen LogP contribution in [0.15, 0.2) is 0 Å². The molecule has 0 radical (unpaired) electrons. The van der Waals surface area contributed by atoms with E-state index in [9.17, 15) is 9.59 Å². The fourth-order valence-electron chi connectivity index (χ4n) is 2.84. The minimum atomic E-state index is 0.166. The normalized spacial score (nSPS) is 26.5. The summed E-state index contributed by atoms with van der Waals surface area (Å²) in [7, 11) is 0. The molecule has 0 heterocycles. The van der Waals surface area contributed by atoms with Crippen molar-refractivity contribution in [1.82, 2.24) is 0 Å². The summed E-state index contributed by atoms with van der Waals surface area (Å²) < 4.78 is 0.278. The molecule has 0 aromatic rings. The van der Waals surface area contributed by atoms with E-state index in [1.54, 1.807) is 0 Å². The van der Waals surface area contributed by atoms with E-state index >= 15 is 0 Å². The molecule has 0 aliphatic heterocycles. The first-order valence-electron chi connectivity index (χ1n) is 5.83. The lowest BCUT2D eigenvalue weighted by molar-refractivity contribution is -0.132. The maximum atomic E-state index is 11.4. The molecule has 0 spiro atoms. The van der Waals surface area contributed by atoms with Crippen LogP contribution in [0.5, 0.6) is 0 Å². The summed E-state index contributed by atoms with van der Waals surface area (Å²) in [6.45, 7) is 2.16. The van der Waals surface area contributed by atoms with Crippen molar-refractivity contribution in [1.29, 1.82) is 0 Å². The third kappa shape index (κ3) is 2.12. The predicted octanol–water partition coefficient (Wildman–Crippen LogP) is 2.60. The lowest BCUT2D eigenvalue weighted by atomic mass is 9.68. The van der Waals surface area contributed by atoms with Crippen molar-refractivity contribution in [2.24, 2.45) is 5.92 Å². The number of ketones is 2. The second-order valence-electron chi connectivity index (χ2n) is 4.71. The highest BCUT2D eigenvalue weighted by atomic mass is 32.2. The van der Waals surface area contributed by atoms with Gasteiger partial charge in [-0.15, -0.1) is 0 Å². The van der Waals surface area contributed by atoms with E-state index in [1.807, 2.05) is 11.8 Å². The molecule has 0 bridgehead atoms. The predicted molar refractivity (Wildman–Crippen MR) is 62.1 cm³/mol. The summed E-state index contributed by atoms with van der Waals surface area (Å²) in [6, 6.07) is 0. The molecule has 3 heteroatoms. The van der Waals surface area contributed by atoms with Crippen molar-refractivity contribution in [3.63, 3.8) is 0 Å². The van der Waals surface area contributed by atoms with E-state index < -0.39 is 0 Å². The first kappa shape index (κ1) is 11.2. The van der Waals surface area contributed by atoms with Crippen molar-refractivity contribution in [2.75, 3.05) is 5.75 Å². The number of rotatable bonds is 3. The van der Waals surface area contributed by atoms with Gasteiger partial charge in [0.05, 0.1) is 6.42 Å². The standard InChI is InChI=1S/C12H18O2S/c1-2-15-12(4-3-5-12)9-6-10(13)8-11(14)7-9/h9H,2-8H2,1H3. The molecule has 0 amide bonds. The van der Waals surface area contributed by atoms with E-state index in [-0.39, 0.29) is 22.7 Å². The van der Waals surface area contributed by atoms with Gasteiger partial charge in [-0.1, -0.05) is 13.3 Å². The highest BCUT2D eigenvalue weighted by molar-refractivity contribution is 8.00. The highest BCUT2D eigenvalue weighted by Gasteiger charge is 2.46. The number of Topliss-reactive ketones (excluding diaryl/α,β-unsaturated/α-hetero) is 2. The summed E-state index contributed by atoms with van der Waals surface area (Å²) in [6.07, 6.45) is 5.18. The smallest absolute Gasteiger partial charge is 0.140 e. The van der Waals surface area contributed by atoms with Gasteiger partial charge in [0.25, 0.3) is 0 Å². The molecule has 0 N–H and O–H groups in total. The van der Waals surface area contributed by atoms with Crippen LogP contribution in [0.25, 0.3) is 0 Å². The number of hydrogen-bond donors (Lipinski definition) is 0. The average molecular weight is 226 g/mol. The molecule has 0 atom stereocenters. The second-order valence-corrected chi connectivity index (χ2v) is 6.39. The Bertz CT molecular complexity index is 265.